The summed E-state index contributed by atoms with van der Waals surface area (Å²) in [5.74, 6) is -1.76. The van der Waals surface area contributed by atoms with Crippen molar-refractivity contribution in [3.8, 4) is 0 Å². The van der Waals surface area contributed by atoms with Crippen LogP contribution in [0, 0.1) is 5.82 Å². The highest BCUT2D eigenvalue weighted by molar-refractivity contribution is 9.10. The summed E-state index contributed by atoms with van der Waals surface area (Å²) in [6, 6.07) is 4.25. The summed E-state index contributed by atoms with van der Waals surface area (Å²) in [5.41, 5.74) is -0.0447. The number of nitrogens with zero attached hydrogens (tertiary/aromatic N) is 1. The number of hydrogen-bond donors (Lipinski definition) is 1. The van der Waals surface area contributed by atoms with Crippen molar-refractivity contribution < 1.29 is 14.0 Å². The molecule has 1 N–H and O–H groups in total. The first-order valence-corrected chi connectivity index (χ1v) is 7.09. The van der Waals surface area contributed by atoms with Crippen molar-refractivity contribution in [2.24, 2.45) is 0 Å². The summed E-state index contributed by atoms with van der Waals surface area (Å²) in [6.45, 7) is 3.69. The van der Waals surface area contributed by atoms with Crippen LogP contribution < -0.4 is 5.32 Å². The van der Waals surface area contributed by atoms with E-state index in [0.29, 0.717) is 4.47 Å². The Morgan fingerprint density at radius 2 is 2.14 bits per heavy atom. The van der Waals surface area contributed by atoms with Gasteiger partial charge < -0.3 is 0 Å². The number of halogens is 2. The van der Waals surface area contributed by atoms with E-state index in [1.54, 1.807) is 0 Å². The van der Waals surface area contributed by atoms with Crippen LogP contribution in [0.5, 0.6) is 0 Å². The Morgan fingerprint density at radius 3 is 2.81 bits per heavy atom. The molecule has 1 heterocycles. The van der Waals surface area contributed by atoms with Gasteiger partial charge in [-0.25, -0.2) is 4.39 Å². The van der Waals surface area contributed by atoms with Crippen LogP contribution in [-0.4, -0.2) is 28.4 Å². The minimum Gasteiger partial charge on any atom is -0.298 e. The van der Waals surface area contributed by atoms with Crippen molar-refractivity contribution in [2.45, 2.75) is 0 Å². The molecule has 2 rings (SSSR count). The zero-order valence-corrected chi connectivity index (χ0v) is 13.1. The Labute approximate surface area is 134 Å². The van der Waals surface area contributed by atoms with Gasteiger partial charge in [-0.3, -0.25) is 19.8 Å². The second-order valence-corrected chi connectivity index (χ2v) is 5.49. The molecule has 0 spiro atoms. The lowest BCUT2D eigenvalue weighted by Crippen LogP contribution is -2.53. The standard InChI is InChI=1S/C14H10BrFN2O2S/c1-2-5-18-13(20)10(12(19)17-14(18)21)7-8-6-9(15)3-4-11(8)16/h2-4,6-7H,1,5H2,(H,17,19,21)/b10-7+. The fourth-order valence-electron chi connectivity index (χ4n) is 1.77. The van der Waals surface area contributed by atoms with Crippen molar-refractivity contribution in [2.75, 3.05) is 6.54 Å². The highest BCUT2D eigenvalue weighted by Crippen LogP contribution is 2.20. The first kappa shape index (κ1) is 15.5. The monoisotopic (exact) mass is 368 g/mol. The number of nitrogens with one attached hydrogen (secondary N) is 1. The molecule has 1 saturated heterocycles. The number of amides is 2. The van der Waals surface area contributed by atoms with E-state index in [-0.39, 0.29) is 22.8 Å². The van der Waals surface area contributed by atoms with Gasteiger partial charge in [0.1, 0.15) is 11.4 Å². The molecule has 0 bridgehead atoms. The number of thiocarbonyl (C=S) groups is 1. The number of hydrogen-bond acceptors (Lipinski definition) is 3. The average molecular weight is 369 g/mol. The first-order chi connectivity index (χ1) is 9.93. The molecule has 0 aromatic heterocycles. The van der Waals surface area contributed by atoms with Crippen LogP contribution in [0.15, 0.2) is 40.9 Å². The van der Waals surface area contributed by atoms with E-state index in [1.165, 1.54) is 35.3 Å². The molecule has 2 amide bonds. The van der Waals surface area contributed by atoms with Gasteiger partial charge in [0.05, 0.1) is 0 Å². The zero-order valence-electron chi connectivity index (χ0n) is 10.7. The predicted octanol–water partition coefficient (Wildman–Crippen LogP) is 2.40. The third-order valence-electron chi connectivity index (χ3n) is 2.76. The molecule has 0 unspecified atom stereocenters. The molecule has 0 atom stereocenters. The van der Waals surface area contributed by atoms with Crippen molar-refractivity contribution >= 4 is 51.2 Å². The molecular formula is C14H10BrFN2O2S. The second kappa shape index (κ2) is 6.28. The van der Waals surface area contributed by atoms with E-state index in [4.69, 9.17) is 12.2 Å². The van der Waals surface area contributed by atoms with Gasteiger partial charge in [-0.2, -0.15) is 0 Å². The smallest absolute Gasteiger partial charge is 0.265 e. The van der Waals surface area contributed by atoms with Gasteiger partial charge in [-0.1, -0.05) is 22.0 Å². The molecule has 1 fully saturated rings. The molecule has 7 heteroatoms. The SMILES string of the molecule is C=CCN1C(=O)/C(=C/c2cc(Br)ccc2F)C(=O)NC1=S. The molecule has 1 aromatic carbocycles. The summed E-state index contributed by atoms with van der Waals surface area (Å²) >= 11 is 8.14. The zero-order chi connectivity index (χ0) is 15.6. The third-order valence-corrected chi connectivity index (χ3v) is 3.57. The van der Waals surface area contributed by atoms with E-state index in [0.717, 1.165) is 0 Å². The predicted molar refractivity (Wildman–Crippen MR) is 84.7 cm³/mol. The largest absolute Gasteiger partial charge is 0.298 e. The maximum atomic E-state index is 13.7. The van der Waals surface area contributed by atoms with Crippen molar-refractivity contribution in [1.82, 2.24) is 10.2 Å². The van der Waals surface area contributed by atoms with Gasteiger partial charge in [0.2, 0.25) is 0 Å². The minimum atomic E-state index is -0.648. The highest BCUT2D eigenvalue weighted by Gasteiger charge is 2.32. The lowest BCUT2D eigenvalue weighted by atomic mass is 10.1. The Morgan fingerprint density at radius 1 is 1.43 bits per heavy atom. The molecular weight excluding hydrogens is 359 g/mol. The number of rotatable bonds is 3. The molecule has 0 saturated carbocycles. The third kappa shape index (κ3) is 3.25. The number of carbonyl (C=O) groups is 2. The molecule has 1 aliphatic rings. The van der Waals surface area contributed by atoms with Gasteiger partial charge in [-0.15, -0.1) is 6.58 Å². The van der Waals surface area contributed by atoms with E-state index in [1.807, 2.05) is 0 Å². The quantitative estimate of drug-likeness (QED) is 0.385. The average Bonchev–Trinajstić information content (AvgIpc) is 2.43. The van der Waals surface area contributed by atoms with Crippen LogP contribution in [0.4, 0.5) is 4.39 Å². The maximum Gasteiger partial charge on any atom is 0.265 e. The van der Waals surface area contributed by atoms with Crippen LogP contribution in [-0.2, 0) is 9.59 Å². The lowest BCUT2D eigenvalue weighted by Gasteiger charge is -2.27. The minimum absolute atomic E-state index is 0.0109. The molecule has 108 valence electrons. The van der Waals surface area contributed by atoms with Gasteiger partial charge in [0.15, 0.2) is 5.11 Å². The van der Waals surface area contributed by atoms with E-state index < -0.39 is 17.6 Å². The van der Waals surface area contributed by atoms with Crippen LogP contribution in [0.3, 0.4) is 0 Å². The molecule has 0 radical (unpaired) electrons. The molecule has 1 aliphatic heterocycles. The molecule has 1 aromatic rings. The summed E-state index contributed by atoms with van der Waals surface area (Å²) in [7, 11) is 0. The summed E-state index contributed by atoms with van der Waals surface area (Å²) in [6.07, 6.45) is 2.69. The van der Waals surface area contributed by atoms with Crippen LogP contribution in [0.2, 0.25) is 0 Å². The maximum absolute atomic E-state index is 13.7. The van der Waals surface area contributed by atoms with E-state index >= 15 is 0 Å². The normalized spacial score (nSPS) is 17.1. The van der Waals surface area contributed by atoms with Crippen molar-refractivity contribution in [3.63, 3.8) is 0 Å². The van der Waals surface area contributed by atoms with Gasteiger partial charge in [-0.05, 0) is 36.5 Å². The van der Waals surface area contributed by atoms with Crippen LogP contribution >= 0.6 is 28.1 Å². The first-order valence-electron chi connectivity index (χ1n) is 5.89. The Hall–Kier alpha value is -1.86. The number of carbonyl (C=O) groups excluding carboxylic acids is 2. The van der Waals surface area contributed by atoms with Gasteiger partial charge >= 0.3 is 0 Å². The lowest BCUT2D eigenvalue weighted by molar-refractivity contribution is -0.128. The van der Waals surface area contributed by atoms with Gasteiger partial charge in [0.25, 0.3) is 11.8 Å². The fraction of sp³-hybridized carbons (Fsp3) is 0.0714. The van der Waals surface area contributed by atoms with Crippen LogP contribution in [0.1, 0.15) is 5.56 Å². The topological polar surface area (TPSA) is 49.4 Å². The second-order valence-electron chi connectivity index (χ2n) is 4.19. The van der Waals surface area contributed by atoms with Gasteiger partial charge in [0, 0.05) is 16.6 Å². The van der Waals surface area contributed by atoms with E-state index in [2.05, 4.69) is 27.8 Å². The summed E-state index contributed by atoms with van der Waals surface area (Å²) in [5, 5.41) is 2.41. The Bertz CT molecular complexity index is 688. The van der Waals surface area contributed by atoms with Crippen molar-refractivity contribution in [3.05, 3.63) is 52.3 Å². The van der Waals surface area contributed by atoms with E-state index in [9.17, 15) is 14.0 Å². The Kier molecular flexibility index (Phi) is 4.64. The molecule has 21 heavy (non-hydrogen) atoms. The number of benzene rings is 1. The van der Waals surface area contributed by atoms with Crippen LogP contribution in [0.25, 0.3) is 6.08 Å². The summed E-state index contributed by atoms with van der Waals surface area (Å²) in [4.78, 5) is 25.3. The molecule has 0 aliphatic carbocycles. The van der Waals surface area contributed by atoms with Crippen molar-refractivity contribution in [1.29, 1.82) is 0 Å². The summed E-state index contributed by atoms with van der Waals surface area (Å²) < 4.78 is 14.4. The fourth-order valence-corrected chi connectivity index (χ4v) is 2.40. The highest BCUT2D eigenvalue weighted by atomic mass is 79.9. The Balaban J connectivity index is 2.45. The molecule has 4 nitrogen and oxygen atoms in total.